The molecule has 0 bridgehead atoms. The maximum absolute atomic E-state index is 13.5. The van der Waals surface area contributed by atoms with Gasteiger partial charge in [0.05, 0.1) is 11.7 Å². The number of hydrogen-bond donors (Lipinski definition) is 1. The lowest BCUT2D eigenvalue weighted by Crippen LogP contribution is -2.16. The lowest BCUT2D eigenvalue weighted by Gasteiger charge is -2.13. The van der Waals surface area contributed by atoms with Gasteiger partial charge in [0.25, 0.3) is 0 Å². The fraction of sp³-hybridized carbons (Fsp3) is 0.154. The van der Waals surface area contributed by atoms with Gasteiger partial charge in [-0.05, 0) is 68.1 Å². The molecule has 6 heteroatoms. The van der Waals surface area contributed by atoms with Crippen LogP contribution in [0.1, 0.15) is 17.3 Å². The van der Waals surface area contributed by atoms with Crippen LogP contribution in [0.25, 0.3) is 0 Å². The molecule has 2 nitrogen and oxygen atoms in total. The van der Waals surface area contributed by atoms with Crippen molar-refractivity contribution in [2.75, 3.05) is 0 Å². The Morgan fingerprint density at radius 2 is 1.95 bits per heavy atom. The predicted octanol–water partition coefficient (Wildman–Crippen LogP) is 4.13. The molecule has 0 fully saturated rings. The smallest absolute Gasteiger partial charge is 0.126 e. The lowest BCUT2D eigenvalue weighted by molar-refractivity contribution is 0.570. The predicted molar refractivity (Wildman–Crippen MR) is 76.6 cm³/mol. The van der Waals surface area contributed by atoms with Crippen molar-refractivity contribution in [2.24, 2.45) is 5.73 Å². The Bertz CT molecular complexity index is 605. The fourth-order valence-corrected chi connectivity index (χ4v) is 3.01. The van der Waals surface area contributed by atoms with E-state index in [0.717, 1.165) is 27.1 Å². The van der Waals surface area contributed by atoms with Gasteiger partial charge in [-0.3, -0.25) is 4.98 Å². The first-order chi connectivity index (χ1) is 8.97. The van der Waals surface area contributed by atoms with E-state index in [0.29, 0.717) is 5.69 Å². The van der Waals surface area contributed by atoms with Crippen molar-refractivity contribution < 1.29 is 8.78 Å². The maximum atomic E-state index is 13.5. The topological polar surface area (TPSA) is 38.9 Å². The molecule has 2 aromatic rings. The third-order valence-electron chi connectivity index (χ3n) is 2.64. The van der Waals surface area contributed by atoms with Crippen LogP contribution in [0.3, 0.4) is 0 Å². The van der Waals surface area contributed by atoms with Crippen molar-refractivity contribution in [3.05, 3.63) is 62.3 Å². The van der Waals surface area contributed by atoms with Crippen molar-refractivity contribution in [1.82, 2.24) is 4.98 Å². The zero-order chi connectivity index (χ0) is 14.0. The minimum absolute atomic E-state index is 0.177. The summed E-state index contributed by atoms with van der Waals surface area (Å²) in [6, 6.07) is 4.63. The Morgan fingerprint density at radius 3 is 2.63 bits per heavy atom. The number of hydrogen-bond acceptors (Lipinski definition) is 2. The Labute approximate surface area is 126 Å². The summed E-state index contributed by atoms with van der Waals surface area (Å²) in [4.78, 5) is 4.19. The first kappa shape index (κ1) is 14.6. The van der Waals surface area contributed by atoms with Gasteiger partial charge in [-0.2, -0.15) is 0 Å². The van der Waals surface area contributed by atoms with Crippen LogP contribution < -0.4 is 5.73 Å². The molecule has 0 radical (unpaired) electrons. The molecule has 1 aromatic carbocycles. The van der Waals surface area contributed by atoms with Crippen molar-refractivity contribution in [3.8, 4) is 0 Å². The summed E-state index contributed by atoms with van der Waals surface area (Å²) in [7, 11) is 0. The summed E-state index contributed by atoms with van der Waals surface area (Å²) in [6.07, 6.45) is 1.79. The monoisotopic (exact) mass is 390 g/mol. The number of aromatic nitrogens is 1. The Morgan fingerprint density at radius 1 is 1.21 bits per heavy atom. The van der Waals surface area contributed by atoms with E-state index in [2.05, 4.69) is 36.8 Å². The molecule has 0 spiro atoms. The molecule has 0 aliphatic rings. The number of halogens is 4. The molecule has 1 aromatic heterocycles. The average Bonchev–Trinajstić information content (AvgIpc) is 2.33. The highest BCUT2D eigenvalue weighted by Crippen LogP contribution is 2.26. The van der Waals surface area contributed by atoms with E-state index in [-0.39, 0.29) is 12.0 Å². The molecule has 0 saturated carbocycles. The second-order valence-corrected chi connectivity index (χ2v) is 5.84. The highest BCUT2D eigenvalue weighted by atomic mass is 79.9. The molecule has 0 aliphatic carbocycles. The lowest BCUT2D eigenvalue weighted by atomic mass is 10.0. The van der Waals surface area contributed by atoms with Crippen molar-refractivity contribution in [1.29, 1.82) is 0 Å². The minimum atomic E-state index is -0.515. The number of nitrogens with zero attached hydrogens (tertiary/aromatic N) is 1. The van der Waals surface area contributed by atoms with Gasteiger partial charge in [-0.15, -0.1) is 0 Å². The van der Waals surface area contributed by atoms with E-state index in [1.165, 1.54) is 0 Å². The molecule has 1 atom stereocenters. The van der Waals surface area contributed by atoms with E-state index in [9.17, 15) is 8.78 Å². The molecule has 0 aliphatic heterocycles. The first-order valence-corrected chi connectivity index (χ1v) is 7.06. The Balaban J connectivity index is 2.25. The van der Waals surface area contributed by atoms with Gasteiger partial charge in [0.1, 0.15) is 11.6 Å². The molecule has 1 unspecified atom stereocenters. The van der Waals surface area contributed by atoms with Gasteiger partial charge in [-0.1, -0.05) is 0 Å². The van der Waals surface area contributed by atoms with Gasteiger partial charge < -0.3 is 5.73 Å². The minimum Gasteiger partial charge on any atom is -0.322 e. The van der Waals surface area contributed by atoms with E-state index in [4.69, 9.17) is 5.73 Å². The molecule has 100 valence electrons. The van der Waals surface area contributed by atoms with E-state index in [1.807, 2.05) is 6.07 Å². The summed E-state index contributed by atoms with van der Waals surface area (Å²) in [6.45, 7) is 0. The highest BCUT2D eigenvalue weighted by molar-refractivity contribution is 9.11. The van der Waals surface area contributed by atoms with Gasteiger partial charge >= 0.3 is 0 Å². The van der Waals surface area contributed by atoms with Crippen LogP contribution in [-0.4, -0.2) is 4.98 Å². The third-order valence-corrected chi connectivity index (χ3v) is 3.70. The molecule has 0 saturated heterocycles. The molecule has 1 heterocycles. The number of benzene rings is 1. The van der Waals surface area contributed by atoms with Crippen molar-refractivity contribution >= 4 is 31.9 Å². The SMILES string of the molecule is NC(Cc1cc(F)ccc1F)c1ncc(Br)cc1Br. The number of nitrogens with two attached hydrogens (primary N) is 1. The average molecular weight is 392 g/mol. The molecule has 19 heavy (non-hydrogen) atoms. The van der Waals surface area contributed by atoms with Crippen molar-refractivity contribution in [2.45, 2.75) is 12.5 Å². The van der Waals surface area contributed by atoms with Crippen LogP contribution in [0.2, 0.25) is 0 Å². The summed E-state index contributed by atoms with van der Waals surface area (Å²) < 4.78 is 28.2. The zero-order valence-corrected chi connectivity index (χ0v) is 12.9. The quantitative estimate of drug-likeness (QED) is 0.854. The number of pyridine rings is 1. The van der Waals surface area contributed by atoms with Gasteiger partial charge in [0.15, 0.2) is 0 Å². The molecule has 2 rings (SSSR count). The second-order valence-electron chi connectivity index (χ2n) is 4.07. The van der Waals surface area contributed by atoms with Crippen LogP contribution in [-0.2, 0) is 6.42 Å². The first-order valence-electron chi connectivity index (χ1n) is 5.48. The van der Waals surface area contributed by atoms with Crippen LogP contribution in [0.5, 0.6) is 0 Å². The van der Waals surface area contributed by atoms with Gasteiger partial charge in [-0.25, -0.2) is 8.78 Å². The van der Waals surface area contributed by atoms with Crippen LogP contribution in [0.4, 0.5) is 8.78 Å². The molecular weight excluding hydrogens is 382 g/mol. The largest absolute Gasteiger partial charge is 0.322 e. The van der Waals surface area contributed by atoms with Crippen LogP contribution in [0.15, 0.2) is 39.4 Å². The fourth-order valence-electron chi connectivity index (χ4n) is 1.73. The standard InChI is InChI=1S/C13H10Br2F2N2/c14-8-5-10(15)13(19-6-8)12(18)4-7-3-9(16)1-2-11(7)17/h1-3,5-6,12H,4,18H2. The van der Waals surface area contributed by atoms with Crippen LogP contribution >= 0.6 is 31.9 Å². The van der Waals surface area contributed by atoms with E-state index >= 15 is 0 Å². The Hall–Kier alpha value is -0.850. The van der Waals surface area contributed by atoms with E-state index in [1.54, 1.807) is 6.20 Å². The maximum Gasteiger partial charge on any atom is 0.126 e. The molecule has 0 amide bonds. The second kappa shape index (κ2) is 6.07. The summed E-state index contributed by atoms with van der Waals surface area (Å²) >= 11 is 6.64. The zero-order valence-electron chi connectivity index (χ0n) is 9.71. The molecular formula is C13H10Br2F2N2. The normalized spacial score (nSPS) is 12.5. The Kier molecular flexibility index (Phi) is 4.65. The number of rotatable bonds is 3. The van der Waals surface area contributed by atoms with Gasteiger partial charge in [0, 0.05) is 15.1 Å². The highest BCUT2D eigenvalue weighted by Gasteiger charge is 2.15. The summed E-state index contributed by atoms with van der Waals surface area (Å²) in [5, 5.41) is 0. The summed E-state index contributed by atoms with van der Waals surface area (Å²) in [5.41, 5.74) is 6.84. The van der Waals surface area contributed by atoms with Crippen LogP contribution in [0, 0.1) is 11.6 Å². The van der Waals surface area contributed by atoms with Gasteiger partial charge in [0.2, 0.25) is 0 Å². The molecule has 2 N–H and O–H groups in total. The van der Waals surface area contributed by atoms with E-state index < -0.39 is 17.7 Å². The van der Waals surface area contributed by atoms with Crippen molar-refractivity contribution in [3.63, 3.8) is 0 Å². The third kappa shape index (κ3) is 3.58. The summed E-state index contributed by atoms with van der Waals surface area (Å²) in [5.74, 6) is -0.948.